The van der Waals surface area contributed by atoms with Crippen LogP contribution in [0, 0.1) is 5.82 Å². The van der Waals surface area contributed by atoms with Crippen LogP contribution in [0.25, 0.3) is 0 Å². The van der Waals surface area contributed by atoms with Crippen molar-refractivity contribution in [2.24, 2.45) is 0 Å². The van der Waals surface area contributed by atoms with Gasteiger partial charge < -0.3 is 16.0 Å². The molecule has 2 rings (SSSR count). The minimum Gasteiger partial charge on any atom is -0.376 e. The summed E-state index contributed by atoms with van der Waals surface area (Å²) in [5.41, 5.74) is 0.327. The number of hydrogen-bond donors (Lipinski definition) is 3. The van der Waals surface area contributed by atoms with Crippen molar-refractivity contribution < 1.29 is 27.2 Å². The van der Waals surface area contributed by atoms with Gasteiger partial charge in [-0.15, -0.1) is 0 Å². The predicted octanol–water partition coefficient (Wildman–Crippen LogP) is 3.82. The fourth-order valence-electron chi connectivity index (χ4n) is 2.07. The molecule has 5 nitrogen and oxygen atoms in total. The second kappa shape index (κ2) is 8.72. The molecular weight excluding hydrogens is 390 g/mol. The average Bonchev–Trinajstić information content (AvgIpc) is 2.60. The second-order valence-electron chi connectivity index (χ2n) is 5.37. The molecule has 0 spiro atoms. The van der Waals surface area contributed by atoms with Crippen LogP contribution in [0.15, 0.2) is 42.5 Å². The monoisotopic (exact) mass is 403 g/mol. The maximum absolute atomic E-state index is 13.0. The van der Waals surface area contributed by atoms with Crippen LogP contribution in [0.5, 0.6) is 0 Å². The van der Waals surface area contributed by atoms with E-state index in [2.05, 4.69) is 10.6 Å². The van der Waals surface area contributed by atoms with Crippen molar-refractivity contribution in [2.75, 3.05) is 23.7 Å². The Morgan fingerprint density at radius 2 is 1.74 bits per heavy atom. The number of carbonyl (C=O) groups excluding carboxylic acids is 2. The van der Waals surface area contributed by atoms with E-state index in [-0.39, 0.29) is 28.5 Å². The molecule has 0 aliphatic rings. The van der Waals surface area contributed by atoms with Gasteiger partial charge in [0.25, 0.3) is 5.91 Å². The Hall–Kier alpha value is -2.81. The molecule has 144 valence electrons. The highest BCUT2D eigenvalue weighted by Gasteiger charge is 2.28. The number of alkyl halides is 3. The fraction of sp³-hybridized carbons (Fsp3) is 0.176. The molecule has 3 N–H and O–H groups in total. The van der Waals surface area contributed by atoms with Crippen molar-refractivity contribution in [1.82, 2.24) is 5.32 Å². The predicted molar refractivity (Wildman–Crippen MR) is 93.4 cm³/mol. The number of carbonyl (C=O) groups is 2. The van der Waals surface area contributed by atoms with Gasteiger partial charge in [-0.2, -0.15) is 13.2 Å². The molecule has 0 aliphatic carbocycles. The zero-order valence-corrected chi connectivity index (χ0v) is 14.4. The molecule has 2 aromatic rings. The molecule has 10 heteroatoms. The average molecular weight is 404 g/mol. The van der Waals surface area contributed by atoms with Gasteiger partial charge in [-0.25, -0.2) is 4.39 Å². The summed E-state index contributed by atoms with van der Waals surface area (Å²) >= 11 is 5.81. The van der Waals surface area contributed by atoms with Gasteiger partial charge >= 0.3 is 6.18 Å². The van der Waals surface area contributed by atoms with Crippen LogP contribution in [-0.2, 0) is 4.79 Å². The summed E-state index contributed by atoms with van der Waals surface area (Å²) in [6.07, 6.45) is -4.54. The maximum atomic E-state index is 13.0. The summed E-state index contributed by atoms with van der Waals surface area (Å²) in [5, 5.41) is 6.89. The molecule has 0 fully saturated rings. The topological polar surface area (TPSA) is 70.2 Å². The summed E-state index contributed by atoms with van der Waals surface area (Å²) in [4.78, 5) is 23.9. The number of amides is 2. The zero-order valence-electron chi connectivity index (χ0n) is 13.7. The molecule has 0 aliphatic heterocycles. The summed E-state index contributed by atoms with van der Waals surface area (Å²) in [6, 6.07) is 9.24. The van der Waals surface area contributed by atoms with Gasteiger partial charge in [0.15, 0.2) is 0 Å². The summed E-state index contributed by atoms with van der Waals surface area (Å²) < 4.78 is 49.7. The molecule has 0 radical (unpaired) electrons. The molecule has 0 aromatic heterocycles. The SMILES string of the molecule is O=C(CNc1ccccc1C(=O)NCC(F)(F)F)Nc1ccc(F)cc1Cl. The van der Waals surface area contributed by atoms with Crippen molar-refractivity contribution in [3.8, 4) is 0 Å². The van der Waals surface area contributed by atoms with Crippen molar-refractivity contribution in [2.45, 2.75) is 6.18 Å². The van der Waals surface area contributed by atoms with Crippen molar-refractivity contribution in [1.29, 1.82) is 0 Å². The zero-order chi connectivity index (χ0) is 20.0. The van der Waals surface area contributed by atoms with E-state index in [9.17, 15) is 27.2 Å². The van der Waals surface area contributed by atoms with Gasteiger partial charge in [-0.3, -0.25) is 9.59 Å². The van der Waals surface area contributed by atoms with Crippen LogP contribution in [0.4, 0.5) is 28.9 Å². The van der Waals surface area contributed by atoms with Gasteiger partial charge in [-0.1, -0.05) is 23.7 Å². The van der Waals surface area contributed by atoms with Crippen molar-refractivity contribution >= 4 is 34.8 Å². The van der Waals surface area contributed by atoms with Gasteiger partial charge in [0.05, 0.1) is 22.8 Å². The quantitative estimate of drug-likeness (QED) is 0.642. The first-order valence-corrected chi connectivity index (χ1v) is 7.96. The van der Waals surface area contributed by atoms with E-state index in [1.165, 1.54) is 24.3 Å². The smallest absolute Gasteiger partial charge is 0.376 e. The minimum atomic E-state index is -4.54. The Labute approximate surface area is 156 Å². The van der Waals surface area contributed by atoms with E-state index in [1.807, 2.05) is 0 Å². The van der Waals surface area contributed by atoms with Gasteiger partial charge in [0.2, 0.25) is 5.91 Å². The number of anilines is 2. The fourth-order valence-corrected chi connectivity index (χ4v) is 2.29. The summed E-state index contributed by atoms with van der Waals surface area (Å²) in [7, 11) is 0. The van der Waals surface area contributed by atoms with E-state index in [0.717, 1.165) is 12.1 Å². The number of benzene rings is 2. The van der Waals surface area contributed by atoms with Gasteiger partial charge in [0.1, 0.15) is 12.4 Å². The molecule has 0 saturated heterocycles. The van der Waals surface area contributed by atoms with Crippen LogP contribution < -0.4 is 16.0 Å². The lowest BCUT2D eigenvalue weighted by molar-refractivity contribution is -0.123. The van der Waals surface area contributed by atoms with E-state index < -0.39 is 30.4 Å². The maximum Gasteiger partial charge on any atom is 0.405 e. The number of para-hydroxylation sites is 1. The van der Waals surface area contributed by atoms with E-state index >= 15 is 0 Å². The van der Waals surface area contributed by atoms with Gasteiger partial charge in [0, 0.05) is 5.69 Å². The van der Waals surface area contributed by atoms with E-state index in [1.54, 1.807) is 11.4 Å². The van der Waals surface area contributed by atoms with Crippen LogP contribution in [0.1, 0.15) is 10.4 Å². The van der Waals surface area contributed by atoms with Crippen LogP contribution >= 0.6 is 11.6 Å². The van der Waals surface area contributed by atoms with Crippen molar-refractivity contribution in [3.05, 3.63) is 58.9 Å². The highest BCUT2D eigenvalue weighted by atomic mass is 35.5. The standard InChI is InChI=1S/C17H14ClF4N3O2/c18-12-7-10(19)5-6-14(12)25-15(26)8-23-13-4-2-1-3-11(13)16(27)24-9-17(20,21)22/h1-7,23H,8-9H2,(H,24,27)(H,25,26). The minimum absolute atomic E-state index is 0.00952. The molecular formula is C17H14ClF4N3O2. The Balaban J connectivity index is 1.99. The number of halogens is 5. The molecule has 0 unspecified atom stereocenters. The number of nitrogens with one attached hydrogen (secondary N) is 3. The Kier molecular flexibility index (Phi) is 6.62. The lowest BCUT2D eigenvalue weighted by Gasteiger charge is -2.13. The molecule has 0 atom stereocenters. The van der Waals surface area contributed by atoms with E-state index in [4.69, 9.17) is 11.6 Å². The third kappa shape index (κ3) is 6.45. The molecule has 2 amide bonds. The summed E-state index contributed by atoms with van der Waals surface area (Å²) in [6.45, 7) is -1.76. The Morgan fingerprint density at radius 3 is 2.41 bits per heavy atom. The largest absolute Gasteiger partial charge is 0.405 e. The highest BCUT2D eigenvalue weighted by Crippen LogP contribution is 2.22. The first-order chi connectivity index (χ1) is 12.7. The number of hydrogen-bond acceptors (Lipinski definition) is 3. The van der Waals surface area contributed by atoms with Crippen LogP contribution in [-0.4, -0.2) is 31.1 Å². The van der Waals surface area contributed by atoms with E-state index in [0.29, 0.717) is 0 Å². The lowest BCUT2D eigenvalue weighted by Crippen LogP contribution is -2.34. The van der Waals surface area contributed by atoms with Gasteiger partial charge in [-0.05, 0) is 30.3 Å². The molecule has 2 aromatic carbocycles. The Bertz CT molecular complexity index is 843. The van der Waals surface area contributed by atoms with Crippen LogP contribution in [0.2, 0.25) is 5.02 Å². The molecule has 0 saturated carbocycles. The Morgan fingerprint density at radius 1 is 1.04 bits per heavy atom. The first kappa shape index (κ1) is 20.5. The normalized spacial score (nSPS) is 11.0. The third-order valence-corrected chi connectivity index (χ3v) is 3.58. The molecule has 0 bridgehead atoms. The van der Waals surface area contributed by atoms with Crippen molar-refractivity contribution in [3.63, 3.8) is 0 Å². The summed E-state index contributed by atoms with van der Waals surface area (Å²) in [5.74, 6) is -2.04. The second-order valence-corrected chi connectivity index (χ2v) is 5.78. The first-order valence-electron chi connectivity index (χ1n) is 7.58. The molecule has 27 heavy (non-hydrogen) atoms. The third-order valence-electron chi connectivity index (χ3n) is 3.27. The van der Waals surface area contributed by atoms with Crippen LogP contribution in [0.3, 0.4) is 0 Å². The lowest BCUT2D eigenvalue weighted by atomic mass is 10.1. The number of rotatable bonds is 6. The molecule has 0 heterocycles. The highest BCUT2D eigenvalue weighted by molar-refractivity contribution is 6.33.